The molecule has 1 aliphatic rings. The van der Waals surface area contributed by atoms with Crippen molar-refractivity contribution in [3.05, 3.63) is 99.2 Å². The lowest BCUT2D eigenvalue weighted by Crippen LogP contribution is -2.07. The maximum atomic E-state index is 13.1. The van der Waals surface area contributed by atoms with Crippen molar-refractivity contribution in [2.45, 2.75) is 6.92 Å². The van der Waals surface area contributed by atoms with E-state index in [1.54, 1.807) is 43.3 Å². The number of halogens is 2. The molecule has 7 heteroatoms. The standard InChI is InChI=1S/C25H14BrFO5/c1-13-8-18(30-25(29)22-11-15-10-16(26)4-7-19(15)31-22)12-20-23(13)24(28)21(32-20)9-14-2-5-17(27)6-3-14/h2-12H,1H3/b21-9-. The minimum absolute atomic E-state index is 0.0603. The van der Waals surface area contributed by atoms with Crippen LogP contribution < -0.4 is 9.47 Å². The predicted molar refractivity (Wildman–Crippen MR) is 119 cm³/mol. The number of benzene rings is 3. The second kappa shape index (κ2) is 7.76. The molecule has 0 fully saturated rings. The van der Waals surface area contributed by atoms with Crippen LogP contribution in [0.3, 0.4) is 0 Å². The predicted octanol–water partition coefficient (Wildman–Crippen LogP) is 6.48. The van der Waals surface area contributed by atoms with Crippen LogP contribution in [0.4, 0.5) is 4.39 Å². The molecule has 0 amide bonds. The topological polar surface area (TPSA) is 65.7 Å². The fourth-order valence-corrected chi connectivity index (χ4v) is 3.90. The number of hydrogen-bond acceptors (Lipinski definition) is 5. The van der Waals surface area contributed by atoms with Crippen LogP contribution in [-0.4, -0.2) is 11.8 Å². The molecule has 0 atom stereocenters. The number of esters is 1. The first-order valence-corrected chi connectivity index (χ1v) is 10.4. The van der Waals surface area contributed by atoms with Crippen molar-refractivity contribution in [3.8, 4) is 11.5 Å². The van der Waals surface area contributed by atoms with E-state index < -0.39 is 5.97 Å². The summed E-state index contributed by atoms with van der Waals surface area (Å²) in [6, 6.07) is 15.8. The van der Waals surface area contributed by atoms with E-state index in [9.17, 15) is 14.0 Å². The number of fused-ring (bicyclic) bond motifs is 2. The number of furan rings is 1. The molecule has 0 saturated heterocycles. The molecule has 3 aromatic carbocycles. The van der Waals surface area contributed by atoms with Crippen LogP contribution in [0, 0.1) is 12.7 Å². The van der Waals surface area contributed by atoms with Crippen molar-refractivity contribution in [2.24, 2.45) is 0 Å². The van der Waals surface area contributed by atoms with E-state index in [1.165, 1.54) is 18.2 Å². The number of aryl methyl sites for hydroxylation is 1. The van der Waals surface area contributed by atoms with E-state index >= 15 is 0 Å². The van der Waals surface area contributed by atoms with E-state index in [0.29, 0.717) is 28.0 Å². The van der Waals surface area contributed by atoms with Gasteiger partial charge in [0.1, 0.15) is 22.9 Å². The van der Waals surface area contributed by atoms with Gasteiger partial charge in [0.25, 0.3) is 0 Å². The Balaban J connectivity index is 1.41. The number of hydrogen-bond donors (Lipinski definition) is 0. The maximum absolute atomic E-state index is 13.1. The molecule has 0 radical (unpaired) electrons. The number of allylic oxidation sites excluding steroid dienone is 1. The molecule has 2 heterocycles. The zero-order chi connectivity index (χ0) is 22.4. The summed E-state index contributed by atoms with van der Waals surface area (Å²) in [7, 11) is 0. The van der Waals surface area contributed by atoms with Gasteiger partial charge in [0.05, 0.1) is 5.56 Å². The third kappa shape index (κ3) is 3.71. The Morgan fingerprint density at radius 3 is 2.62 bits per heavy atom. The molecule has 0 aliphatic carbocycles. The first-order chi connectivity index (χ1) is 15.4. The molecule has 4 aromatic rings. The Kier molecular flexibility index (Phi) is 4.90. The summed E-state index contributed by atoms with van der Waals surface area (Å²) in [4.78, 5) is 25.4. The molecule has 0 saturated carbocycles. The number of Topliss-reactive ketones (excluding diaryl/α,β-unsaturated/α-hetero) is 1. The van der Waals surface area contributed by atoms with Gasteiger partial charge >= 0.3 is 5.97 Å². The maximum Gasteiger partial charge on any atom is 0.379 e. The quantitative estimate of drug-likeness (QED) is 0.186. The van der Waals surface area contributed by atoms with Crippen molar-refractivity contribution >= 4 is 44.7 Å². The van der Waals surface area contributed by atoms with Crippen molar-refractivity contribution in [1.29, 1.82) is 0 Å². The average Bonchev–Trinajstić information content (AvgIpc) is 3.30. The fourth-order valence-electron chi connectivity index (χ4n) is 3.52. The van der Waals surface area contributed by atoms with Crippen molar-refractivity contribution in [3.63, 3.8) is 0 Å². The number of ether oxygens (including phenoxy) is 2. The third-order valence-corrected chi connectivity index (χ3v) is 5.49. The second-order valence-corrected chi connectivity index (χ2v) is 8.20. The highest BCUT2D eigenvalue weighted by atomic mass is 79.9. The van der Waals surface area contributed by atoms with Crippen LogP contribution in [0.25, 0.3) is 17.0 Å². The van der Waals surface area contributed by atoms with Gasteiger partial charge in [0, 0.05) is 15.9 Å². The highest BCUT2D eigenvalue weighted by molar-refractivity contribution is 9.10. The molecule has 1 aromatic heterocycles. The zero-order valence-electron chi connectivity index (χ0n) is 16.6. The summed E-state index contributed by atoms with van der Waals surface area (Å²) in [6.45, 7) is 1.73. The Morgan fingerprint density at radius 1 is 1.06 bits per heavy atom. The minimum Gasteiger partial charge on any atom is -0.452 e. The molecule has 1 aliphatic heterocycles. The monoisotopic (exact) mass is 492 g/mol. The van der Waals surface area contributed by atoms with Crippen molar-refractivity contribution in [1.82, 2.24) is 0 Å². The molecule has 0 spiro atoms. The van der Waals surface area contributed by atoms with E-state index in [4.69, 9.17) is 13.9 Å². The van der Waals surface area contributed by atoms with Gasteiger partial charge in [-0.25, -0.2) is 9.18 Å². The molecule has 32 heavy (non-hydrogen) atoms. The molecule has 5 rings (SSSR count). The molecule has 0 bridgehead atoms. The van der Waals surface area contributed by atoms with Gasteiger partial charge in [-0.05, 0) is 66.6 Å². The van der Waals surface area contributed by atoms with Gasteiger partial charge in [-0.3, -0.25) is 4.79 Å². The van der Waals surface area contributed by atoms with Gasteiger partial charge in [-0.1, -0.05) is 28.1 Å². The van der Waals surface area contributed by atoms with E-state index in [1.807, 2.05) is 12.1 Å². The Morgan fingerprint density at radius 2 is 1.84 bits per heavy atom. The van der Waals surface area contributed by atoms with Gasteiger partial charge in [0.15, 0.2) is 5.76 Å². The highest BCUT2D eigenvalue weighted by Crippen LogP contribution is 2.38. The van der Waals surface area contributed by atoms with Crippen LogP contribution in [-0.2, 0) is 0 Å². The molecule has 5 nitrogen and oxygen atoms in total. The first-order valence-electron chi connectivity index (χ1n) is 9.63. The molecular weight excluding hydrogens is 479 g/mol. The van der Waals surface area contributed by atoms with Crippen LogP contribution in [0.15, 0.2) is 75.3 Å². The van der Waals surface area contributed by atoms with E-state index in [0.717, 1.165) is 9.86 Å². The van der Waals surface area contributed by atoms with Crippen LogP contribution >= 0.6 is 15.9 Å². The van der Waals surface area contributed by atoms with Crippen molar-refractivity contribution in [2.75, 3.05) is 0 Å². The first kappa shape index (κ1) is 20.2. The lowest BCUT2D eigenvalue weighted by Gasteiger charge is -2.06. The van der Waals surface area contributed by atoms with Gasteiger partial charge in [-0.2, -0.15) is 0 Å². The Labute approximate surface area is 190 Å². The van der Waals surface area contributed by atoms with Gasteiger partial charge in [-0.15, -0.1) is 0 Å². The molecule has 0 unspecified atom stereocenters. The zero-order valence-corrected chi connectivity index (χ0v) is 18.2. The second-order valence-electron chi connectivity index (χ2n) is 7.29. The van der Waals surface area contributed by atoms with E-state index in [-0.39, 0.29) is 28.9 Å². The summed E-state index contributed by atoms with van der Waals surface area (Å²) in [6.07, 6.45) is 1.54. The minimum atomic E-state index is -0.664. The molecule has 158 valence electrons. The van der Waals surface area contributed by atoms with Crippen LogP contribution in [0.5, 0.6) is 11.5 Å². The summed E-state index contributed by atoms with van der Waals surface area (Å²) in [5.41, 5.74) is 2.19. The number of carbonyl (C=O) groups is 2. The van der Waals surface area contributed by atoms with Crippen molar-refractivity contribution < 1.29 is 27.9 Å². The smallest absolute Gasteiger partial charge is 0.379 e. The summed E-state index contributed by atoms with van der Waals surface area (Å²) in [5.74, 6) is -0.631. The largest absolute Gasteiger partial charge is 0.452 e. The lowest BCUT2D eigenvalue weighted by molar-refractivity contribution is 0.0703. The Bertz CT molecular complexity index is 1430. The SMILES string of the molecule is Cc1cc(OC(=O)c2cc3cc(Br)ccc3o2)cc2c1C(=O)/C(=C/c1ccc(F)cc1)O2. The third-order valence-electron chi connectivity index (χ3n) is 5.00. The van der Waals surface area contributed by atoms with E-state index in [2.05, 4.69) is 15.9 Å². The fraction of sp³-hybridized carbons (Fsp3) is 0.0400. The number of rotatable bonds is 3. The average molecular weight is 493 g/mol. The normalized spacial score (nSPS) is 14.0. The summed E-state index contributed by atoms with van der Waals surface area (Å²) >= 11 is 3.38. The lowest BCUT2D eigenvalue weighted by atomic mass is 10.0. The van der Waals surface area contributed by atoms with Gasteiger partial charge < -0.3 is 13.9 Å². The Hall–Kier alpha value is -3.71. The summed E-state index contributed by atoms with van der Waals surface area (Å²) < 4.78 is 30.8. The number of carbonyl (C=O) groups excluding carboxylic acids is 2. The summed E-state index contributed by atoms with van der Waals surface area (Å²) in [5, 5.41) is 0.765. The molecular formula is C25H14BrFO5. The number of ketones is 1. The van der Waals surface area contributed by atoms with Crippen LogP contribution in [0.2, 0.25) is 0 Å². The van der Waals surface area contributed by atoms with Crippen LogP contribution in [0.1, 0.15) is 32.0 Å². The molecule has 0 N–H and O–H groups in total. The van der Waals surface area contributed by atoms with Gasteiger partial charge in [0.2, 0.25) is 11.5 Å². The highest BCUT2D eigenvalue weighted by Gasteiger charge is 2.30.